The fraction of sp³-hybridized carbons (Fsp3) is 0.333. The molecule has 12 heteroatoms. The van der Waals surface area contributed by atoms with Crippen molar-refractivity contribution >= 4 is 11.0 Å². The van der Waals surface area contributed by atoms with Crippen molar-refractivity contribution in [3.05, 3.63) is 59.9 Å². The highest BCUT2D eigenvalue weighted by molar-refractivity contribution is 5.85. The number of methoxy groups -OCH3 is 2. The van der Waals surface area contributed by atoms with Crippen LogP contribution in [-0.2, 0) is 22.4 Å². The SMILES string of the molecule is CCCCc1nc2c(OCOC)nnc(OCOC)c2n1Cc1ccc(-c2ccccc2-c2nnn[nH]2)cc1. The number of benzene rings is 2. The van der Waals surface area contributed by atoms with E-state index in [4.69, 9.17) is 23.9 Å². The summed E-state index contributed by atoms with van der Waals surface area (Å²) in [6.07, 6.45) is 2.81. The zero-order chi connectivity index (χ0) is 27.0. The number of hydrogen-bond acceptors (Lipinski definition) is 10. The third-order valence-electron chi connectivity index (χ3n) is 6.20. The number of imidazole rings is 1. The summed E-state index contributed by atoms with van der Waals surface area (Å²) in [5.41, 5.74) is 5.38. The first kappa shape index (κ1) is 26.2. The average Bonchev–Trinajstić information content (AvgIpc) is 3.64. The van der Waals surface area contributed by atoms with Gasteiger partial charge in [0.2, 0.25) is 0 Å². The van der Waals surface area contributed by atoms with Gasteiger partial charge in [-0.25, -0.2) is 10.1 Å². The third-order valence-corrected chi connectivity index (χ3v) is 6.20. The fourth-order valence-corrected chi connectivity index (χ4v) is 4.36. The maximum Gasteiger partial charge on any atom is 0.264 e. The summed E-state index contributed by atoms with van der Waals surface area (Å²) >= 11 is 0. The van der Waals surface area contributed by atoms with Gasteiger partial charge in [-0.15, -0.1) is 15.3 Å². The van der Waals surface area contributed by atoms with E-state index in [1.165, 1.54) is 0 Å². The smallest absolute Gasteiger partial charge is 0.264 e. The molecule has 0 fully saturated rings. The molecular weight excluding hydrogens is 500 g/mol. The van der Waals surface area contributed by atoms with Gasteiger partial charge in [-0.2, -0.15) is 0 Å². The number of aromatic nitrogens is 8. The van der Waals surface area contributed by atoms with Gasteiger partial charge in [0.1, 0.15) is 11.3 Å². The number of nitrogens with zero attached hydrogens (tertiary/aromatic N) is 7. The summed E-state index contributed by atoms with van der Waals surface area (Å²) in [5.74, 6) is 2.15. The molecule has 39 heavy (non-hydrogen) atoms. The maximum atomic E-state index is 5.79. The average molecular weight is 531 g/mol. The first-order valence-electron chi connectivity index (χ1n) is 12.6. The summed E-state index contributed by atoms with van der Waals surface area (Å²) in [5, 5.41) is 22.8. The predicted molar refractivity (Wildman–Crippen MR) is 143 cm³/mol. The van der Waals surface area contributed by atoms with E-state index in [1.54, 1.807) is 14.2 Å². The normalized spacial score (nSPS) is 11.3. The quantitative estimate of drug-likeness (QED) is 0.222. The van der Waals surface area contributed by atoms with E-state index >= 15 is 0 Å². The Balaban J connectivity index is 1.53. The Morgan fingerprint density at radius 2 is 1.56 bits per heavy atom. The number of nitrogens with one attached hydrogen (secondary N) is 1. The van der Waals surface area contributed by atoms with Gasteiger partial charge in [0.05, 0.1) is 0 Å². The Hall–Kier alpha value is -4.42. The fourth-order valence-electron chi connectivity index (χ4n) is 4.36. The van der Waals surface area contributed by atoms with Gasteiger partial charge in [0.25, 0.3) is 11.8 Å². The molecule has 5 aromatic rings. The summed E-state index contributed by atoms with van der Waals surface area (Å²) < 4.78 is 23.8. The van der Waals surface area contributed by atoms with Crippen molar-refractivity contribution in [2.75, 3.05) is 27.8 Å². The minimum Gasteiger partial charge on any atom is -0.448 e. The standard InChI is InChI=1S/C27H30N8O4/c1-4-5-10-22-28-23-24(27(39-17-37-3)32-31-26(23)38-16-36-2)35(22)15-18-11-13-19(14-12-18)20-8-6-7-9-21(20)25-29-33-34-30-25/h6-9,11-14H,4-5,10,15-17H2,1-3H3,(H,29,30,33,34). The van der Waals surface area contributed by atoms with Crippen LogP contribution in [0.3, 0.4) is 0 Å². The van der Waals surface area contributed by atoms with Crippen LogP contribution in [-0.4, -0.2) is 68.2 Å². The number of aromatic amines is 1. The van der Waals surface area contributed by atoms with E-state index in [-0.39, 0.29) is 13.6 Å². The number of tetrazole rings is 1. The van der Waals surface area contributed by atoms with Crippen LogP contribution in [0.15, 0.2) is 48.5 Å². The number of unbranched alkanes of at least 4 members (excludes halogenated alkanes) is 1. The van der Waals surface area contributed by atoms with Crippen LogP contribution in [0.5, 0.6) is 11.8 Å². The molecule has 1 N–H and O–H groups in total. The van der Waals surface area contributed by atoms with Crippen LogP contribution in [0.1, 0.15) is 31.2 Å². The lowest BCUT2D eigenvalue weighted by atomic mass is 9.98. The molecule has 0 spiro atoms. The van der Waals surface area contributed by atoms with Crippen molar-refractivity contribution < 1.29 is 18.9 Å². The molecule has 0 amide bonds. The van der Waals surface area contributed by atoms with Crippen LogP contribution in [0.2, 0.25) is 0 Å². The highest BCUT2D eigenvalue weighted by atomic mass is 16.7. The topological polar surface area (TPSA) is 135 Å². The molecule has 202 valence electrons. The van der Waals surface area contributed by atoms with Gasteiger partial charge in [0.15, 0.2) is 24.9 Å². The highest BCUT2D eigenvalue weighted by Crippen LogP contribution is 2.33. The van der Waals surface area contributed by atoms with E-state index in [2.05, 4.69) is 72.6 Å². The molecule has 0 aliphatic carbocycles. The molecule has 0 saturated heterocycles. The van der Waals surface area contributed by atoms with Crippen LogP contribution in [0, 0.1) is 0 Å². The van der Waals surface area contributed by atoms with E-state index in [0.717, 1.165) is 47.3 Å². The lowest BCUT2D eigenvalue weighted by Crippen LogP contribution is -2.09. The van der Waals surface area contributed by atoms with Crippen molar-refractivity contribution in [2.45, 2.75) is 32.7 Å². The minimum atomic E-state index is 0.0340. The van der Waals surface area contributed by atoms with E-state index in [1.807, 2.05) is 18.2 Å². The molecule has 12 nitrogen and oxygen atoms in total. The summed E-state index contributed by atoms with van der Waals surface area (Å²) in [7, 11) is 3.11. The molecule has 0 unspecified atom stereocenters. The van der Waals surface area contributed by atoms with Crippen LogP contribution >= 0.6 is 0 Å². The largest absolute Gasteiger partial charge is 0.448 e. The van der Waals surface area contributed by atoms with Gasteiger partial charge in [-0.3, -0.25) is 0 Å². The van der Waals surface area contributed by atoms with Gasteiger partial charge < -0.3 is 23.5 Å². The number of H-pyrrole nitrogens is 1. The second-order valence-electron chi connectivity index (χ2n) is 8.82. The van der Waals surface area contributed by atoms with Crippen LogP contribution in [0.4, 0.5) is 0 Å². The molecule has 0 saturated carbocycles. The van der Waals surface area contributed by atoms with E-state index < -0.39 is 0 Å². The molecular formula is C27H30N8O4. The first-order valence-corrected chi connectivity index (χ1v) is 12.6. The summed E-state index contributed by atoms with van der Waals surface area (Å²) in [6, 6.07) is 16.4. The predicted octanol–water partition coefficient (Wildman–Crippen LogP) is 4.03. The second-order valence-corrected chi connectivity index (χ2v) is 8.82. The van der Waals surface area contributed by atoms with Crippen molar-refractivity contribution in [1.82, 2.24) is 40.4 Å². The molecule has 0 atom stereocenters. The maximum absolute atomic E-state index is 5.79. The molecule has 0 radical (unpaired) electrons. The van der Waals surface area contributed by atoms with E-state index in [9.17, 15) is 0 Å². The minimum absolute atomic E-state index is 0.0340. The molecule has 0 aliphatic rings. The number of rotatable bonds is 13. The third kappa shape index (κ3) is 5.71. The summed E-state index contributed by atoms with van der Waals surface area (Å²) in [6.45, 7) is 2.78. The van der Waals surface area contributed by atoms with Crippen molar-refractivity contribution in [1.29, 1.82) is 0 Å². The Kier molecular flexibility index (Phi) is 8.34. The Morgan fingerprint density at radius 1 is 0.846 bits per heavy atom. The van der Waals surface area contributed by atoms with E-state index in [0.29, 0.717) is 35.2 Å². The highest BCUT2D eigenvalue weighted by Gasteiger charge is 2.22. The first-order chi connectivity index (χ1) is 19.2. The van der Waals surface area contributed by atoms with Gasteiger partial charge in [-0.05, 0) is 33.5 Å². The van der Waals surface area contributed by atoms with Crippen LogP contribution < -0.4 is 9.47 Å². The Morgan fingerprint density at radius 3 is 2.26 bits per heavy atom. The monoisotopic (exact) mass is 530 g/mol. The lowest BCUT2D eigenvalue weighted by molar-refractivity contribution is 0.0435. The molecule has 0 aliphatic heterocycles. The Labute approximate surface area is 225 Å². The van der Waals surface area contributed by atoms with Gasteiger partial charge in [-0.1, -0.05) is 61.9 Å². The van der Waals surface area contributed by atoms with Gasteiger partial charge in [0, 0.05) is 32.7 Å². The number of ether oxygens (including phenoxy) is 4. The molecule has 3 heterocycles. The second kappa shape index (κ2) is 12.4. The van der Waals surface area contributed by atoms with Crippen molar-refractivity contribution in [2.24, 2.45) is 0 Å². The molecule has 2 aromatic carbocycles. The van der Waals surface area contributed by atoms with Gasteiger partial charge >= 0.3 is 0 Å². The molecule has 0 bridgehead atoms. The van der Waals surface area contributed by atoms with Crippen molar-refractivity contribution in [3.63, 3.8) is 0 Å². The molecule has 5 rings (SSSR count). The number of fused-ring (bicyclic) bond motifs is 1. The van der Waals surface area contributed by atoms with Crippen molar-refractivity contribution in [3.8, 4) is 34.3 Å². The number of aryl methyl sites for hydroxylation is 1. The zero-order valence-corrected chi connectivity index (χ0v) is 22.1. The summed E-state index contributed by atoms with van der Waals surface area (Å²) in [4.78, 5) is 4.91. The molecule has 3 aromatic heterocycles. The lowest BCUT2D eigenvalue weighted by Gasteiger charge is -2.13. The van der Waals surface area contributed by atoms with Crippen LogP contribution in [0.25, 0.3) is 33.5 Å². The number of hydrogen-bond donors (Lipinski definition) is 1. The Bertz CT molecular complexity index is 1500. The zero-order valence-electron chi connectivity index (χ0n) is 22.1.